The van der Waals surface area contributed by atoms with Crippen molar-refractivity contribution in [3.05, 3.63) is 64.1 Å². The molecule has 2 nitrogen and oxygen atoms in total. The van der Waals surface area contributed by atoms with Crippen LogP contribution in [0.2, 0.25) is 0 Å². The molecule has 0 bridgehead atoms. The molecule has 0 saturated carbocycles. The first-order valence-electron chi connectivity index (χ1n) is 6.30. The minimum atomic E-state index is -0.471. The van der Waals surface area contributed by atoms with E-state index in [4.69, 9.17) is 0 Å². The molecule has 0 aliphatic carbocycles. The summed E-state index contributed by atoms with van der Waals surface area (Å²) in [6.45, 7) is 2.61. The highest BCUT2D eigenvalue weighted by Gasteiger charge is 2.12. The van der Waals surface area contributed by atoms with Gasteiger partial charge in [-0.3, -0.25) is 0 Å². The molecule has 0 aromatic heterocycles. The van der Waals surface area contributed by atoms with Crippen molar-refractivity contribution in [3.8, 4) is 0 Å². The Labute approximate surface area is 122 Å². The second-order valence-electron chi connectivity index (χ2n) is 4.72. The normalized spacial score (nSPS) is 12.2. The van der Waals surface area contributed by atoms with Crippen LogP contribution in [0.25, 0.3) is 0 Å². The molecule has 2 aromatic carbocycles. The van der Waals surface area contributed by atoms with E-state index in [9.17, 15) is 5.11 Å². The minimum absolute atomic E-state index is 0.471. The quantitative estimate of drug-likeness (QED) is 0.915. The van der Waals surface area contributed by atoms with E-state index in [1.54, 1.807) is 6.92 Å². The van der Waals surface area contributed by atoms with Gasteiger partial charge in [0.2, 0.25) is 0 Å². The van der Waals surface area contributed by atoms with Gasteiger partial charge in [0.05, 0.1) is 6.10 Å². The summed E-state index contributed by atoms with van der Waals surface area (Å²) < 4.78 is 1.02. The van der Waals surface area contributed by atoms with Gasteiger partial charge in [0, 0.05) is 29.3 Å². The summed E-state index contributed by atoms with van der Waals surface area (Å²) in [6, 6.07) is 16.3. The van der Waals surface area contributed by atoms with E-state index in [0.29, 0.717) is 0 Å². The van der Waals surface area contributed by atoms with Crippen LogP contribution >= 0.6 is 15.9 Å². The molecule has 0 amide bonds. The lowest BCUT2D eigenvalue weighted by molar-refractivity contribution is 0.199. The molecule has 1 N–H and O–H groups in total. The van der Waals surface area contributed by atoms with Crippen molar-refractivity contribution >= 4 is 21.6 Å². The maximum atomic E-state index is 9.87. The Balaban J connectivity index is 2.27. The topological polar surface area (TPSA) is 23.5 Å². The lowest BCUT2D eigenvalue weighted by Gasteiger charge is -2.24. The number of hydrogen-bond donors (Lipinski definition) is 1. The van der Waals surface area contributed by atoms with Crippen molar-refractivity contribution in [1.82, 2.24) is 0 Å². The number of aliphatic hydroxyl groups is 1. The van der Waals surface area contributed by atoms with E-state index in [2.05, 4.69) is 33.0 Å². The number of nitrogens with zero attached hydrogens (tertiary/aromatic N) is 1. The molecule has 0 saturated heterocycles. The van der Waals surface area contributed by atoms with Crippen LogP contribution in [0.15, 0.2) is 53.0 Å². The van der Waals surface area contributed by atoms with Gasteiger partial charge in [0.25, 0.3) is 0 Å². The summed E-state index contributed by atoms with van der Waals surface area (Å²) in [5.41, 5.74) is 3.25. The van der Waals surface area contributed by atoms with Crippen LogP contribution in [0, 0.1) is 0 Å². The largest absolute Gasteiger partial charge is 0.389 e. The number of halogens is 1. The summed E-state index contributed by atoms with van der Waals surface area (Å²) in [4.78, 5) is 2.15. The highest BCUT2D eigenvalue weighted by molar-refractivity contribution is 9.10. The van der Waals surface area contributed by atoms with Crippen molar-refractivity contribution in [3.63, 3.8) is 0 Å². The summed E-state index contributed by atoms with van der Waals surface area (Å²) >= 11 is 3.49. The van der Waals surface area contributed by atoms with Crippen molar-refractivity contribution in [2.24, 2.45) is 0 Å². The van der Waals surface area contributed by atoms with E-state index < -0.39 is 6.10 Å². The molecule has 1 unspecified atom stereocenters. The van der Waals surface area contributed by atoms with Gasteiger partial charge in [0.15, 0.2) is 0 Å². The van der Waals surface area contributed by atoms with E-state index in [0.717, 1.165) is 22.3 Å². The first kappa shape index (κ1) is 14.1. The maximum Gasteiger partial charge on any atom is 0.0782 e. The lowest BCUT2D eigenvalue weighted by atomic mass is 10.1. The standard InChI is InChI=1S/C16H18BrNO/c1-12(19)15-9-8-14(17)10-16(15)18(2)11-13-6-4-3-5-7-13/h3-10,12,19H,11H2,1-2H3. The molecule has 0 aliphatic heterocycles. The summed E-state index contributed by atoms with van der Waals surface area (Å²) in [5.74, 6) is 0. The molecule has 2 aromatic rings. The van der Waals surface area contributed by atoms with E-state index in [1.165, 1.54) is 5.56 Å². The van der Waals surface area contributed by atoms with Crippen LogP contribution in [0.3, 0.4) is 0 Å². The molecule has 3 heteroatoms. The van der Waals surface area contributed by atoms with Gasteiger partial charge in [-0.1, -0.05) is 52.3 Å². The molecule has 1 atom stereocenters. The smallest absolute Gasteiger partial charge is 0.0782 e. The summed E-state index contributed by atoms with van der Waals surface area (Å²) in [7, 11) is 2.04. The van der Waals surface area contributed by atoms with E-state index in [1.807, 2.05) is 43.4 Å². The maximum absolute atomic E-state index is 9.87. The van der Waals surface area contributed by atoms with Crippen LogP contribution in [-0.2, 0) is 6.54 Å². The average Bonchev–Trinajstić information content (AvgIpc) is 2.39. The van der Waals surface area contributed by atoms with Gasteiger partial charge in [-0.25, -0.2) is 0 Å². The predicted octanol–water partition coefficient (Wildman–Crippen LogP) is 4.14. The highest BCUT2D eigenvalue weighted by atomic mass is 79.9. The molecule has 2 rings (SSSR count). The summed E-state index contributed by atoms with van der Waals surface area (Å²) in [6.07, 6.45) is -0.471. The Morgan fingerprint density at radius 1 is 1.16 bits per heavy atom. The number of benzene rings is 2. The van der Waals surface area contributed by atoms with Crippen LogP contribution < -0.4 is 4.90 Å². The zero-order valence-corrected chi connectivity index (χ0v) is 12.8. The third-order valence-electron chi connectivity index (χ3n) is 3.12. The SMILES string of the molecule is CC(O)c1ccc(Br)cc1N(C)Cc1ccccc1. The minimum Gasteiger partial charge on any atom is -0.389 e. The molecular weight excluding hydrogens is 302 g/mol. The highest BCUT2D eigenvalue weighted by Crippen LogP contribution is 2.29. The molecule has 0 fully saturated rings. The monoisotopic (exact) mass is 319 g/mol. The van der Waals surface area contributed by atoms with Crippen LogP contribution in [0.5, 0.6) is 0 Å². The number of rotatable bonds is 4. The number of aliphatic hydroxyl groups excluding tert-OH is 1. The Bertz CT molecular complexity index is 540. The Hall–Kier alpha value is -1.32. The molecule has 0 heterocycles. The van der Waals surface area contributed by atoms with Crippen LogP contribution in [0.1, 0.15) is 24.2 Å². The molecular formula is C16H18BrNO. The average molecular weight is 320 g/mol. The van der Waals surface area contributed by atoms with E-state index in [-0.39, 0.29) is 0 Å². The first-order chi connectivity index (χ1) is 9.08. The third-order valence-corrected chi connectivity index (χ3v) is 3.61. The fourth-order valence-corrected chi connectivity index (χ4v) is 2.49. The van der Waals surface area contributed by atoms with Gasteiger partial charge >= 0.3 is 0 Å². The third kappa shape index (κ3) is 3.58. The zero-order valence-electron chi connectivity index (χ0n) is 11.2. The summed E-state index contributed by atoms with van der Waals surface area (Å²) in [5, 5.41) is 9.87. The fourth-order valence-electron chi connectivity index (χ4n) is 2.14. The molecule has 0 radical (unpaired) electrons. The van der Waals surface area contributed by atoms with Crippen LogP contribution in [0.4, 0.5) is 5.69 Å². The van der Waals surface area contributed by atoms with Crippen LogP contribution in [-0.4, -0.2) is 12.2 Å². The molecule has 100 valence electrons. The van der Waals surface area contributed by atoms with Crippen molar-refractivity contribution in [1.29, 1.82) is 0 Å². The number of anilines is 1. The Kier molecular flexibility index (Phi) is 4.61. The Morgan fingerprint density at radius 2 is 1.84 bits per heavy atom. The van der Waals surface area contributed by atoms with Gasteiger partial charge in [-0.05, 0) is 24.6 Å². The van der Waals surface area contributed by atoms with Gasteiger partial charge < -0.3 is 10.0 Å². The van der Waals surface area contributed by atoms with E-state index >= 15 is 0 Å². The number of hydrogen-bond acceptors (Lipinski definition) is 2. The van der Waals surface area contributed by atoms with Gasteiger partial charge in [0.1, 0.15) is 0 Å². The van der Waals surface area contributed by atoms with Crippen molar-refractivity contribution in [2.75, 3.05) is 11.9 Å². The second-order valence-corrected chi connectivity index (χ2v) is 5.64. The predicted molar refractivity (Wildman–Crippen MR) is 83.3 cm³/mol. The first-order valence-corrected chi connectivity index (χ1v) is 7.10. The Morgan fingerprint density at radius 3 is 2.47 bits per heavy atom. The van der Waals surface area contributed by atoms with Crippen molar-refractivity contribution < 1.29 is 5.11 Å². The lowest BCUT2D eigenvalue weighted by Crippen LogP contribution is -2.18. The van der Waals surface area contributed by atoms with Gasteiger partial charge in [-0.2, -0.15) is 0 Å². The molecule has 0 spiro atoms. The fraction of sp³-hybridized carbons (Fsp3) is 0.250. The zero-order chi connectivity index (χ0) is 13.8. The second kappa shape index (κ2) is 6.22. The molecule has 19 heavy (non-hydrogen) atoms. The van der Waals surface area contributed by atoms with Gasteiger partial charge in [-0.15, -0.1) is 0 Å². The molecule has 0 aliphatic rings. The van der Waals surface area contributed by atoms with Crippen molar-refractivity contribution in [2.45, 2.75) is 19.6 Å².